The molecule has 1 aromatic carbocycles. The minimum atomic E-state index is -0.960. The molecule has 7 heteroatoms. The normalized spacial score (nSPS) is 10.7. The minimum Gasteiger partial charge on any atom is -0.618 e. The highest BCUT2D eigenvalue weighted by atomic mass is 19.1. The van der Waals surface area contributed by atoms with Crippen LogP contribution in [0.2, 0.25) is 0 Å². The predicted molar refractivity (Wildman–Crippen MR) is 61.3 cm³/mol. The molecule has 1 heterocycles. The average Bonchev–Trinajstić information content (AvgIpc) is 2.31. The molecule has 0 saturated heterocycles. The second-order valence-electron chi connectivity index (χ2n) is 3.82. The maximum atomic E-state index is 13.5. The number of aryl methyl sites for hydroxylation is 1. The van der Waals surface area contributed by atoms with Crippen molar-refractivity contribution in [3.05, 3.63) is 40.4 Å². The van der Waals surface area contributed by atoms with E-state index in [0.717, 1.165) is 6.07 Å². The first-order valence-electron chi connectivity index (χ1n) is 5.51. The van der Waals surface area contributed by atoms with Crippen molar-refractivity contribution in [3.8, 4) is 0 Å². The smallest absolute Gasteiger partial charge is 0.407 e. The third-order valence-electron chi connectivity index (χ3n) is 2.52. The van der Waals surface area contributed by atoms with Gasteiger partial charge in [0.05, 0.1) is 6.61 Å². The molecule has 5 nitrogen and oxygen atoms in total. The van der Waals surface area contributed by atoms with Gasteiger partial charge in [0.25, 0.3) is 0 Å². The molecular weight excluding hydrogens is 258 g/mol. The Kier molecular flexibility index (Phi) is 3.28. The number of hydrogen-bond donors (Lipinski definition) is 0. The summed E-state index contributed by atoms with van der Waals surface area (Å²) in [6.45, 7) is 3.03. The second-order valence-corrected chi connectivity index (χ2v) is 3.82. The van der Waals surface area contributed by atoms with Gasteiger partial charge in [0.1, 0.15) is 11.5 Å². The summed E-state index contributed by atoms with van der Waals surface area (Å²) in [7, 11) is 0. The molecule has 0 aliphatic rings. The zero-order valence-corrected chi connectivity index (χ0v) is 10.2. The molecule has 0 saturated carbocycles. The number of rotatable bonds is 2. The number of carbonyl (C=O) groups is 1. The van der Waals surface area contributed by atoms with Gasteiger partial charge in [-0.05, 0) is 13.8 Å². The molecule has 0 radical (unpaired) electrons. The van der Waals surface area contributed by atoms with Crippen LogP contribution in [0.5, 0.6) is 0 Å². The summed E-state index contributed by atoms with van der Waals surface area (Å²) in [4.78, 5) is 15.4. The fourth-order valence-electron chi connectivity index (χ4n) is 1.74. The Morgan fingerprint density at radius 2 is 2.16 bits per heavy atom. The van der Waals surface area contributed by atoms with Crippen LogP contribution in [0.25, 0.3) is 11.0 Å². The molecular formula is C12H10F2N2O3. The van der Waals surface area contributed by atoms with Crippen LogP contribution in [0.1, 0.15) is 23.1 Å². The van der Waals surface area contributed by atoms with Crippen molar-refractivity contribution < 1.29 is 23.0 Å². The maximum absolute atomic E-state index is 13.5. The van der Waals surface area contributed by atoms with E-state index >= 15 is 0 Å². The summed E-state index contributed by atoms with van der Waals surface area (Å²) in [5, 5.41) is 12.0. The Bertz CT molecular complexity index is 674. The van der Waals surface area contributed by atoms with Gasteiger partial charge in [-0.25, -0.2) is 18.6 Å². The van der Waals surface area contributed by atoms with Crippen LogP contribution in [0.4, 0.5) is 8.78 Å². The highest BCUT2D eigenvalue weighted by molar-refractivity contribution is 5.88. The van der Waals surface area contributed by atoms with Crippen LogP contribution < -0.4 is 4.73 Å². The van der Waals surface area contributed by atoms with E-state index in [0.29, 0.717) is 6.07 Å². The Hall–Kier alpha value is -2.31. The monoisotopic (exact) mass is 268 g/mol. The van der Waals surface area contributed by atoms with E-state index in [2.05, 4.69) is 4.98 Å². The van der Waals surface area contributed by atoms with Gasteiger partial charge in [0.2, 0.25) is 5.52 Å². The lowest BCUT2D eigenvalue weighted by Gasteiger charge is -2.09. The first kappa shape index (κ1) is 13.1. The van der Waals surface area contributed by atoms with Crippen molar-refractivity contribution in [3.63, 3.8) is 0 Å². The lowest BCUT2D eigenvalue weighted by Crippen LogP contribution is -2.38. The molecule has 19 heavy (non-hydrogen) atoms. The predicted octanol–water partition coefficient (Wildman–Crippen LogP) is 1.63. The largest absolute Gasteiger partial charge is 0.618 e. The third kappa shape index (κ3) is 2.18. The van der Waals surface area contributed by atoms with Crippen molar-refractivity contribution in [1.82, 2.24) is 4.98 Å². The van der Waals surface area contributed by atoms with Crippen LogP contribution in [0.15, 0.2) is 12.1 Å². The van der Waals surface area contributed by atoms with Gasteiger partial charge in [-0.15, -0.1) is 0 Å². The first-order valence-corrected chi connectivity index (χ1v) is 5.51. The van der Waals surface area contributed by atoms with E-state index in [1.807, 2.05) is 0 Å². The number of carbonyl (C=O) groups excluding carboxylic acids is 1. The summed E-state index contributed by atoms with van der Waals surface area (Å²) in [5.41, 5.74) is -1.00. The van der Waals surface area contributed by atoms with Crippen LogP contribution in [-0.2, 0) is 4.74 Å². The Morgan fingerprint density at radius 3 is 2.79 bits per heavy atom. The summed E-state index contributed by atoms with van der Waals surface area (Å²) in [6, 6.07) is 1.44. The van der Waals surface area contributed by atoms with E-state index < -0.39 is 17.6 Å². The molecule has 1 aromatic heterocycles. The zero-order valence-electron chi connectivity index (χ0n) is 10.2. The third-order valence-corrected chi connectivity index (χ3v) is 2.52. The SMILES string of the molecule is CCOC(=O)c1c(C)nc2c(F)cc(F)cc2[n+]1[O-]. The lowest BCUT2D eigenvalue weighted by molar-refractivity contribution is -0.581. The van der Waals surface area contributed by atoms with Crippen molar-refractivity contribution in [2.75, 3.05) is 6.61 Å². The topological polar surface area (TPSA) is 66.1 Å². The number of benzene rings is 1. The molecule has 0 N–H and O–H groups in total. The van der Waals surface area contributed by atoms with E-state index in [1.54, 1.807) is 6.92 Å². The van der Waals surface area contributed by atoms with Gasteiger partial charge >= 0.3 is 11.7 Å². The van der Waals surface area contributed by atoms with Crippen molar-refractivity contribution in [1.29, 1.82) is 0 Å². The van der Waals surface area contributed by atoms with Crippen LogP contribution >= 0.6 is 0 Å². The summed E-state index contributed by atoms with van der Waals surface area (Å²) in [6.07, 6.45) is 0. The number of halogens is 2. The second kappa shape index (κ2) is 4.75. The lowest BCUT2D eigenvalue weighted by atomic mass is 10.2. The number of ether oxygens (including phenoxy) is 1. The molecule has 0 bridgehead atoms. The summed E-state index contributed by atoms with van der Waals surface area (Å²) >= 11 is 0. The molecule has 0 unspecified atom stereocenters. The van der Waals surface area contributed by atoms with E-state index in [4.69, 9.17) is 4.74 Å². The molecule has 0 spiro atoms. The van der Waals surface area contributed by atoms with Gasteiger partial charge in [0.15, 0.2) is 11.3 Å². The zero-order chi connectivity index (χ0) is 14.2. The number of aromatic nitrogens is 2. The quantitative estimate of drug-likeness (QED) is 0.471. The fourth-order valence-corrected chi connectivity index (χ4v) is 1.74. The molecule has 100 valence electrons. The van der Waals surface area contributed by atoms with Crippen molar-refractivity contribution in [2.45, 2.75) is 13.8 Å². The number of nitrogens with zero attached hydrogens (tertiary/aromatic N) is 2. The molecule has 2 rings (SSSR count). The van der Waals surface area contributed by atoms with E-state index in [1.165, 1.54) is 6.92 Å². The number of fused-ring (bicyclic) bond motifs is 1. The number of hydrogen-bond acceptors (Lipinski definition) is 4. The standard InChI is InChI=1S/C12H10F2N2O3/c1-3-19-12(17)11-6(2)15-10-8(14)4-7(13)5-9(10)16(11)18/h4-5H,3H2,1-2H3. The van der Waals surface area contributed by atoms with Gasteiger partial charge in [-0.1, -0.05) is 0 Å². The highest BCUT2D eigenvalue weighted by Gasteiger charge is 2.26. The van der Waals surface area contributed by atoms with Gasteiger partial charge in [-0.2, -0.15) is 4.73 Å². The molecule has 0 atom stereocenters. The van der Waals surface area contributed by atoms with E-state index in [9.17, 15) is 18.8 Å². The average molecular weight is 268 g/mol. The number of esters is 1. The van der Waals surface area contributed by atoms with E-state index in [-0.39, 0.29) is 33.8 Å². The van der Waals surface area contributed by atoms with Crippen LogP contribution in [-0.4, -0.2) is 17.6 Å². The fraction of sp³-hybridized carbons (Fsp3) is 0.250. The Morgan fingerprint density at radius 1 is 1.47 bits per heavy atom. The van der Waals surface area contributed by atoms with Gasteiger partial charge < -0.3 is 9.94 Å². The van der Waals surface area contributed by atoms with Crippen molar-refractivity contribution >= 4 is 17.0 Å². The minimum absolute atomic E-state index is 0.0199. The van der Waals surface area contributed by atoms with Gasteiger partial charge in [0, 0.05) is 12.1 Å². The molecule has 0 amide bonds. The summed E-state index contributed by atoms with van der Waals surface area (Å²) < 4.78 is 31.5. The highest BCUT2D eigenvalue weighted by Crippen LogP contribution is 2.17. The molecule has 2 aromatic rings. The van der Waals surface area contributed by atoms with Gasteiger partial charge in [-0.3, -0.25) is 0 Å². The maximum Gasteiger partial charge on any atom is 0.407 e. The van der Waals surface area contributed by atoms with Crippen molar-refractivity contribution in [2.24, 2.45) is 0 Å². The molecule has 0 fully saturated rings. The van der Waals surface area contributed by atoms with Crippen LogP contribution in [0, 0.1) is 23.8 Å². The molecule has 0 aliphatic carbocycles. The van der Waals surface area contributed by atoms with Crippen LogP contribution in [0.3, 0.4) is 0 Å². The Balaban J connectivity index is 2.78. The first-order chi connectivity index (χ1) is 8.95. The summed E-state index contributed by atoms with van der Waals surface area (Å²) in [5.74, 6) is -2.76. The Labute approximate surface area is 107 Å². The molecule has 0 aliphatic heterocycles.